The van der Waals surface area contributed by atoms with Crippen molar-refractivity contribution in [1.82, 2.24) is 15.5 Å². The monoisotopic (exact) mass is 400 g/mol. The van der Waals surface area contributed by atoms with E-state index in [1.54, 1.807) is 0 Å². The number of nitrogens with two attached hydrogens (primary N) is 2. The summed E-state index contributed by atoms with van der Waals surface area (Å²) in [6.07, 6.45) is 2.42. The molecular weight excluding hydrogens is 368 g/mol. The standard InChI is InChI=1S/C17H32N6O5/c18-17(19)21-8-3-4-12(11-24)22-14(25)10-23(9-6-15(26)27)16(28)13-5-1-2-7-20-13/h11-13,15,20,26-27H,1-10H2,(H,22,25)(H4,18,19,21)/t12-,13?/m0/s1. The first-order chi connectivity index (χ1) is 13.3. The Bertz CT molecular complexity index is 532. The predicted molar refractivity (Wildman–Crippen MR) is 103 cm³/mol. The van der Waals surface area contributed by atoms with Crippen molar-refractivity contribution in [2.45, 2.75) is 56.9 Å². The zero-order valence-corrected chi connectivity index (χ0v) is 16.0. The molecule has 0 aromatic rings. The molecule has 1 unspecified atom stereocenters. The number of carbonyl (C=O) groups excluding carboxylic acids is 3. The van der Waals surface area contributed by atoms with Crippen LogP contribution >= 0.6 is 0 Å². The second-order valence-corrected chi connectivity index (χ2v) is 6.79. The van der Waals surface area contributed by atoms with Crippen LogP contribution in [0.3, 0.4) is 0 Å². The second-order valence-electron chi connectivity index (χ2n) is 6.79. The first kappa shape index (κ1) is 23.8. The number of aliphatic imine (C=N–C) groups is 1. The number of piperidine rings is 1. The molecule has 160 valence electrons. The van der Waals surface area contributed by atoms with E-state index in [0.29, 0.717) is 32.1 Å². The van der Waals surface area contributed by atoms with Gasteiger partial charge in [0.05, 0.1) is 18.6 Å². The van der Waals surface area contributed by atoms with Gasteiger partial charge in [0.15, 0.2) is 12.2 Å². The molecule has 1 heterocycles. The highest BCUT2D eigenvalue weighted by atomic mass is 16.5. The highest BCUT2D eigenvalue weighted by Gasteiger charge is 2.27. The fourth-order valence-electron chi connectivity index (χ4n) is 2.94. The lowest BCUT2D eigenvalue weighted by atomic mass is 10.0. The average molecular weight is 400 g/mol. The van der Waals surface area contributed by atoms with Crippen molar-refractivity contribution in [3.05, 3.63) is 0 Å². The zero-order chi connectivity index (χ0) is 20.9. The molecule has 0 aromatic heterocycles. The van der Waals surface area contributed by atoms with Crippen molar-refractivity contribution in [2.24, 2.45) is 16.5 Å². The predicted octanol–water partition coefficient (Wildman–Crippen LogP) is -2.60. The Morgan fingerprint density at radius 1 is 1.29 bits per heavy atom. The third-order valence-electron chi connectivity index (χ3n) is 4.39. The van der Waals surface area contributed by atoms with E-state index in [1.165, 1.54) is 4.90 Å². The maximum absolute atomic E-state index is 12.7. The Balaban J connectivity index is 2.58. The number of carbonyl (C=O) groups is 3. The van der Waals surface area contributed by atoms with Crippen LogP contribution in [0.4, 0.5) is 0 Å². The molecule has 2 atom stereocenters. The Kier molecular flexibility index (Phi) is 11.1. The topological polar surface area (TPSA) is 183 Å². The van der Waals surface area contributed by atoms with E-state index >= 15 is 0 Å². The van der Waals surface area contributed by atoms with Crippen LogP contribution < -0.4 is 22.1 Å². The molecule has 2 amide bonds. The number of guanidine groups is 1. The number of hydrogen-bond acceptors (Lipinski definition) is 7. The second kappa shape index (κ2) is 13.0. The molecule has 1 rings (SSSR count). The van der Waals surface area contributed by atoms with Crippen molar-refractivity contribution >= 4 is 24.1 Å². The molecule has 1 saturated heterocycles. The van der Waals surface area contributed by atoms with E-state index in [-0.39, 0.29) is 37.4 Å². The third-order valence-corrected chi connectivity index (χ3v) is 4.39. The van der Waals surface area contributed by atoms with Crippen LogP contribution in [0.25, 0.3) is 0 Å². The molecule has 1 fully saturated rings. The summed E-state index contributed by atoms with van der Waals surface area (Å²) in [5.74, 6) is -0.787. The van der Waals surface area contributed by atoms with Crippen LogP contribution in [0.15, 0.2) is 4.99 Å². The van der Waals surface area contributed by atoms with Gasteiger partial charge in [-0.05, 0) is 32.2 Å². The number of rotatable bonds is 12. The fraction of sp³-hybridized carbons (Fsp3) is 0.765. The molecule has 1 aliphatic heterocycles. The number of aldehydes is 1. The summed E-state index contributed by atoms with van der Waals surface area (Å²) in [5, 5.41) is 23.9. The van der Waals surface area contributed by atoms with E-state index in [4.69, 9.17) is 21.7 Å². The van der Waals surface area contributed by atoms with Crippen molar-refractivity contribution in [1.29, 1.82) is 0 Å². The van der Waals surface area contributed by atoms with Gasteiger partial charge in [0.1, 0.15) is 6.29 Å². The molecule has 1 aliphatic rings. The van der Waals surface area contributed by atoms with Crippen LogP contribution in [0.2, 0.25) is 0 Å². The fourth-order valence-corrected chi connectivity index (χ4v) is 2.94. The lowest BCUT2D eigenvalue weighted by Crippen LogP contribution is -2.52. The zero-order valence-electron chi connectivity index (χ0n) is 16.0. The largest absolute Gasteiger partial charge is 0.370 e. The summed E-state index contributed by atoms with van der Waals surface area (Å²) < 4.78 is 0. The smallest absolute Gasteiger partial charge is 0.240 e. The van der Waals surface area contributed by atoms with Gasteiger partial charge >= 0.3 is 0 Å². The number of nitrogens with one attached hydrogen (secondary N) is 2. The lowest BCUT2D eigenvalue weighted by molar-refractivity contribution is -0.139. The molecule has 0 bridgehead atoms. The molecule has 0 aliphatic carbocycles. The van der Waals surface area contributed by atoms with E-state index in [2.05, 4.69) is 15.6 Å². The van der Waals surface area contributed by atoms with Gasteiger partial charge in [-0.15, -0.1) is 0 Å². The lowest BCUT2D eigenvalue weighted by Gasteiger charge is -2.30. The molecule has 8 N–H and O–H groups in total. The molecule has 11 heteroatoms. The summed E-state index contributed by atoms with van der Waals surface area (Å²) in [5.41, 5.74) is 10.5. The van der Waals surface area contributed by atoms with Gasteiger partial charge in [-0.25, -0.2) is 0 Å². The minimum absolute atomic E-state index is 0.0261. The van der Waals surface area contributed by atoms with Gasteiger partial charge in [-0.2, -0.15) is 0 Å². The van der Waals surface area contributed by atoms with Crippen LogP contribution in [-0.2, 0) is 14.4 Å². The highest BCUT2D eigenvalue weighted by molar-refractivity contribution is 5.88. The minimum atomic E-state index is -1.57. The van der Waals surface area contributed by atoms with Crippen molar-refractivity contribution in [2.75, 3.05) is 26.2 Å². The minimum Gasteiger partial charge on any atom is -0.370 e. The maximum Gasteiger partial charge on any atom is 0.240 e. The van der Waals surface area contributed by atoms with Gasteiger partial charge < -0.3 is 42.0 Å². The summed E-state index contributed by atoms with van der Waals surface area (Å²) in [7, 11) is 0. The van der Waals surface area contributed by atoms with Gasteiger partial charge in [0.2, 0.25) is 11.8 Å². The summed E-state index contributed by atoms with van der Waals surface area (Å²) >= 11 is 0. The van der Waals surface area contributed by atoms with Crippen molar-refractivity contribution in [3.8, 4) is 0 Å². The Labute approximate surface area is 164 Å². The van der Waals surface area contributed by atoms with Crippen LogP contribution in [-0.4, -0.2) is 83.7 Å². The maximum atomic E-state index is 12.7. The Hall–Kier alpha value is -2.24. The normalized spacial score (nSPS) is 17.6. The molecule has 0 radical (unpaired) electrons. The summed E-state index contributed by atoms with van der Waals surface area (Å²) in [4.78, 5) is 41.3. The quantitative estimate of drug-likeness (QED) is 0.0677. The van der Waals surface area contributed by atoms with Crippen LogP contribution in [0.1, 0.15) is 38.5 Å². The van der Waals surface area contributed by atoms with E-state index in [0.717, 1.165) is 19.4 Å². The van der Waals surface area contributed by atoms with E-state index in [1.807, 2.05) is 0 Å². The van der Waals surface area contributed by atoms with Crippen molar-refractivity contribution < 1.29 is 24.6 Å². The van der Waals surface area contributed by atoms with Crippen LogP contribution in [0.5, 0.6) is 0 Å². The number of amides is 2. The SMILES string of the molecule is NC(N)=NCCC[C@@H](C=O)NC(=O)CN(CCC(O)O)C(=O)C1CCCCN1. The average Bonchev–Trinajstić information content (AvgIpc) is 2.67. The molecule has 0 aromatic carbocycles. The number of hydrogen-bond donors (Lipinski definition) is 6. The first-order valence-electron chi connectivity index (χ1n) is 9.51. The molecule has 28 heavy (non-hydrogen) atoms. The molecule has 11 nitrogen and oxygen atoms in total. The summed E-state index contributed by atoms with van der Waals surface area (Å²) in [6.45, 7) is 0.831. The van der Waals surface area contributed by atoms with Crippen LogP contribution in [0, 0.1) is 0 Å². The highest BCUT2D eigenvalue weighted by Crippen LogP contribution is 2.11. The number of aliphatic hydroxyl groups excluding tert-OH is 1. The molecule has 0 saturated carbocycles. The van der Waals surface area contributed by atoms with E-state index in [9.17, 15) is 14.4 Å². The number of aliphatic hydroxyl groups is 2. The molecular formula is C17H32N6O5. The Morgan fingerprint density at radius 2 is 2.04 bits per heavy atom. The molecule has 0 spiro atoms. The van der Waals surface area contributed by atoms with Gasteiger partial charge in [0.25, 0.3) is 0 Å². The summed E-state index contributed by atoms with van der Waals surface area (Å²) in [6, 6.07) is -1.10. The third kappa shape index (κ3) is 9.62. The van der Waals surface area contributed by atoms with E-state index < -0.39 is 18.2 Å². The van der Waals surface area contributed by atoms with Crippen molar-refractivity contribution in [3.63, 3.8) is 0 Å². The Morgan fingerprint density at radius 3 is 2.61 bits per heavy atom. The van der Waals surface area contributed by atoms with Gasteiger partial charge in [0, 0.05) is 19.5 Å². The van der Waals surface area contributed by atoms with Gasteiger partial charge in [-0.1, -0.05) is 6.42 Å². The first-order valence-corrected chi connectivity index (χ1v) is 9.51. The van der Waals surface area contributed by atoms with Gasteiger partial charge in [-0.3, -0.25) is 14.6 Å². The number of nitrogens with zero attached hydrogens (tertiary/aromatic N) is 2.